The minimum Gasteiger partial charge on any atom is -0.381 e. The SMILES string of the molecule is COC/C=C/C1CC(N2CCC(C3CCCC(C)C3)N2)NC(OCC2CCCO2)N1. The van der Waals surface area contributed by atoms with Crippen molar-refractivity contribution in [1.29, 1.82) is 0 Å². The maximum atomic E-state index is 6.18. The van der Waals surface area contributed by atoms with Gasteiger partial charge in [0.05, 0.1) is 25.5 Å². The third-order valence-electron chi connectivity index (χ3n) is 7.23. The predicted octanol–water partition coefficient (Wildman–Crippen LogP) is 2.35. The van der Waals surface area contributed by atoms with Crippen LogP contribution in [0.3, 0.4) is 0 Å². The van der Waals surface area contributed by atoms with E-state index in [0.717, 1.165) is 44.2 Å². The lowest BCUT2D eigenvalue weighted by Crippen LogP contribution is -2.65. The molecular weight excluding hydrogens is 380 g/mol. The molecule has 7 unspecified atom stereocenters. The Hall–Kier alpha value is -0.540. The Balaban J connectivity index is 1.32. The van der Waals surface area contributed by atoms with Crippen molar-refractivity contribution in [2.45, 2.75) is 89.0 Å². The summed E-state index contributed by atoms with van der Waals surface area (Å²) in [6, 6.07) is 0.884. The summed E-state index contributed by atoms with van der Waals surface area (Å²) in [6.45, 7) is 5.66. The molecule has 7 heteroatoms. The van der Waals surface area contributed by atoms with Crippen molar-refractivity contribution < 1.29 is 14.2 Å². The van der Waals surface area contributed by atoms with Crippen molar-refractivity contribution >= 4 is 0 Å². The molecule has 3 saturated heterocycles. The second-order valence-electron chi connectivity index (χ2n) is 9.67. The van der Waals surface area contributed by atoms with Gasteiger partial charge >= 0.3 is 0 Å². The van der Waals surface area contributed by atoms with E-state index in [4.69, 9.17) is 14.2 Å². The van der Waals surface area contributed by atoms with Crippen LogP contribution >= 0.6 is 0 Å². The van der Waals surface area contributed by atoms with Gasteiger partial charge in [0.25, 0.3) is 0 Å². The Morgan fingerprint density at radius 2 is 2.03 bits per heavy atom. The van der Waals surface area contributed by atoms with Crippen LogP contribution in [0.15, 0.2) is 12.2 Å². The highest BCUT2D eigenvalue weighted by molar-refractivity contribution is 4.99. The molecule has 0 bridgehead atoms. The zero-order valence-electron chi connectivity index (χ0n) is 18.9. The molecule has 0 spiro atoms. The molecule has 3 heterocycles. The summed E-state index contributed by atoms with van der Waals surface area (Å²) in [5.74, 6) is 1.70. The van der Waals surface area contributed by atoms with Crippen LogP contribution in [-0.2, 0) is 14.2 Å². The first-order valence-corrected chi connectivity index (χ1v) is 12.1. The normalized spacial score (nSPS) is 41.1. The maximum Gasteiger partial charge on any atom is 0.165 e. The summed E-state index contributed by atoms with van der Waals surface area (Å²) in [5, 5.41) is 9.70. The molecule has 7 atom stereocenters. The number of hydrazine groups is 1. The second kappa shape index (κ2) is 11.4. The molecule has 0 amide bonds. The Morgan fingerprint density at radius 3 is 2.83 bits per heavy atom. The molecule has 3 N–H and O–H groups in total. The largest absolute Gasteiger partial charge is 0.381 e. The van der Waals surface area contributed by atoms with Gasteiger partial charge in [-0.05, 0) is 50.4 Å². The van der Waals surface area contributed by atoms with Gasteiger partial charge < -0.3 is 14.2 Å². The fourth-order valence-corrected chi connectivity index (χ4v) is 5.59. The molecule has 1 aliphatic carbocycles. The Morgan fingerprint density at radius 1 is 1.10 bits per heavy atom. The van der Waals surface area contributed by atoms with Gasteiger partial charge in [0.1, 0.15) is 0 Å². The average Bonchev–Trinajstić information content (AvgIpc) is 3.45. The van der Waals surface area contributed by atoms with Crippen LogP contribution in [0, 0.1) is 11.8 Å². The van der Waals surface area contributed by atoms with E-state index < -0.39 is 0 Å². The number of rotatable bonds is 8. The van der Waals surface area contributed by atoms with Crippen LogP contribution in [-0.4, -0.2) is 69.2 Å². The highest BCUT2D eigenvalue weighted by atomic mass is 16.6. The van der Waals surface area contributed by atoms with Gasteiger partial charge in [-0.2, -0.15) is 0 Å². The van der Waals surface area contributed by atoms with Gasteiger partial charge in [0, 0.05) is 32.3 Å². The molecule has 1 saturated carbocycles. The van der Waals surface area contributed by atoms with Crippen LogP contribution in [0.5, 0.6) is 0 Å². The molecule has 0 aromatic carbocycles. The summed E-state index contributed by atoms with van der Waals surface area (Å²) >= 11 is 0. The van der Waals surface area contributed by atoms with Crippen LogP contribution in [0.2, 0.25) is 0 Å². The lowest BCUT2D eigenvalue weighted by Gasteiger charge is -2.41. The van der Waals surface area contributed by atoms with Crippen LogP contribution in [0.1, 0.15) is 58.3 Å². The van der Waals surface area contributed by atoms with Gasteiger partial charge in [0.2, 0.25) is 0 Å². The lowest BCUT2D eigenvalue weighted by atomic mass is 9.78. The third kappa shape index (κ3) is 6.25. The summed E-state index contributed by atoms with van der Waals surface area (Å²) in [4.78, 5) is 0. The zero-order valence-corrected chi connectivity index (χ0v) is 18.9. The van der Waals surface area contributed by atoms with E-state index in [0.29, 0.717) is 19.3 Å². The van der Waals surface area contributed by atoms with E-state index in [2.05, 4.69) is 40.1 Å². The summed E-state index contributed by atoms with van der Waals surface area (Å²) in [6.07, 6.45) is 14.7. The fraction of sp³-hybridized carbons (Fsp3) is 0.913. The van der Waals surface area contributed by atoms with Crippen molar-refractivity contribution in [2.75, 3.05) is 33.5 Å². The van der Waals surface area contributed by atoms with E-state index in [1.54, 1.807) is 7.11 Å². The van der Waals surface area contributed by atoms with E-state index in [1.165, 1.54) is 32.1 Å². The Labute approximate surface area is 182 Å². The average molecular weight is 423 g/mol. The molecule has 4 fully saturated rings. The first-order chi connectivity index (χ1) is 14.7. The van der Waals surface area contributed by atoms with Crippen LogP contribution in [0.25, 0.3) is 0 Å². The first kappa shape index (κ1) is 22.6. The summed E-state index contributed by atoms with van der Waals surface area (Å²) < 4.78 is 17.1. The minimum absolute atomic E-state index is 0.166. The van der Waals surface area contributed by atoms with Crippen molar-refractivity contribution in [3.8, 4) is 0 Å². The highest BCUT2D eigenvalue weighted by Crippen LogP contribution is 2.33. The van der Waals surface area contributed by atoms with Crippen molar-refractivity contribution in [3.05, 3.63) is 12.2 Å². The van der Waals surface area contributed by atoms with E-state index in [1.807, 2.05) is 0 Å². The molecule has 4 aliphatic rings. The lowest BCUT2D eigenvalue weighted by molar-refractivity contribution is -0.0838. The molecule has 30 heavy (non-hydrogen) atoms. The zero-order chi connectivity index (χ0) is 20.8. The topological polar surface area (TPSA) is 67.0 Å². The van der Waals surface area contributed by atoms with Gasteiger partial charge in [-0.3, -0.25) is 16.1 Å². The Bertz CT molecular complexity index is 543. The van der Waals surface area contributed by atoms with Gasteiger partial charge in [0.15, 0.2) is 6.35 Å². The predicted molar refractivity (Wildman–Crippen MR) is 118 cm³/mol. The smallest absolute Gasteiger partial charge is 0.165 e. The number of ether oxygens (including phenoxy) is 3. The molecule has 0 aromatic rings. The molecule has 0 aromatic heterocycles. The summed E-state index contributed by atoms with van der Waals surface area (Å²) in [5.41, 5.74) is 3.87. The standard InChI is InChI=1S/C23H42N4O3/c1-17-6-3-7-18(14-17)21-10-11-27(26-21)22-15-19(8-4-12-28-2)24-23(25-22)30-16-20-9-5-13-29-20/h4,8,17-26H,3,5-7,9-16H2,1-2H3/b8-4+. The van der Waals surface area contributed by atoms with Crippen molar-refractivity contribution in [1.82, 2.24) is 21.1 Å². The van der Waals surface area contributed by atoms with Gasteiger partial charge in [-0.25, -0.2) is 5.01 Å². The number of nitrogens with zero attached hydrogens (tertiary/aromatic N) is 1. The first-order valence-electron chi connectivity index (χ1n) is 12.1. The van der Waals surface area contributed by atoms with Gasteiger partial charge in [-0.1, -0.05) is 31.9 Å². The van der Waals surface area contributed by atoms with E-state index in [9.17, 15) is 0 Å². The maximum absolute atomic E-state index is 6.18. The number of methoxy groups -OCH3 is 1. The molecular formula is C23H42N4O3. The number of hydrogen-bond acceptors (Lipinski definition) is 7. The second-order valence-corrected chi connectivity index (χ2v) is 9.67. The minimum atomic E-state index is -0.166. The molecule has 0 radical (unpaired) electrons. The highest BCUT2D eigenvalue weighted by Gasteiger charge is 2.37. The van der Waals surface area contributed by atoms with Crippen molar-refractivity contribution in [3.63, 3.8) is 0 Å². The molecule has 7 nitrogen and oxygen atoms in total. The molecule has 172 valence electrons. The van der Waals surface area contributed by atoms with Crippen molar-refractivity contribution in [2.24, 2.45) is 11.8 Å². The Kier molecular flexibility index (Phi) is 8.58. The van der Waals surface area contributed by atoms with Crippen LogP contribution < -0.4 is 16.1 Å². The van der Waals surface area contributed by atoms with E-state index in [-0.39, 0.29) is 24.7 Å². The van der Waals surface area contributed by atoms with Gasteiger partial charge in [-0.15, -0.1) is 0 Å². The quantitative estimate of drug-likeness (QED) is 0.519. The number of nitrogens with one attached hydrogen (secondary N) is 3. The summed E-state index contributed by atoms with van der Waals surface area (Å²) in [7, 11) is 1.73. The molecule has 4 rings (SSSR count). The third-order valence-corrected chi connectivity index (χ3v) is 7.23. The van der Waals surface area contributed by atoms with E-state index >= 15 is 0 Å². The number of hydrogen-bond donors (Lipinski definition) is 3. The molecule has 3 aliphatic heterocycles. The monoisotopic (exact) mass is 422 g/mol. The fourth-order valence-electron chi connectivity index (χ4n) is 5.59. The van der Waals surface area contributed by atoms with Crippen LogP contribution in [0.4, 0.5) is 0 Å².